The van der Waals surface area contributed by atoms with Gasteiger partial charge >= 0.3 is 6.09 Å². The van der Waals surface area contributed by atoms with Crippen LogP contribution in [0.5, 0.6) is 0 Å². The molecule has 139 valence electrons. The fraction of sp³-hybridized carbons (Fsp3) is 0.750. The smallest absolute Gasteiger partial charge is 0.411 e. The number of amides is 2. The summed E-state index contributed by atoms with van der Waals surface area (Å²) in [6, 6.07) is -0.431. The van der Waals surface area contributed by atoms with Gasteiger partial charge < -0.3 is 22.2 Å². The maximum absolute atomic E-state index is 11.8. The second kappa shape index (κ2) is 13.0. The van der Waals surface area contributed by atoms with Gasteiger partial charge in [-0.15, -0.1) is 0 Å². The summed E-state index contributed by atoms with van der Waals surface area (Å²) in [6.45, 7) is 11.4. The van der Waals surface area contributed by atoms with E-state index in [1.807, 2.05) is 0 Å². The molecule has 0 spiro atoms. The van der Waals surface area contributed by atoms with Crippen molar-refractivity contribution in [2.75, 3.05) is 13.2 Å². The molecule has 8 heteroatoms. The fourth-order valence-corrected chi connectivity index (χ4v) is 1.86. The van der Waals surface area contributed by atoms with Crippen molar-refractivity contribution in [3.63, 3.8) is 0 Å². The Labute approximate surface area is 171 Å². The van der Waals surface area contributed by atoms with Gasteiger partial charge in [0.1, 0.15) is 12.3 Å². The number of nitrogens with zero attached hydrogens (tertiary/aromatic N) is 2. The number of hydroxylamine groups is 2. The van der Waals surface area contributed by atoms with Crippen LogP contribution in [0.25, 0.3) is 0 Å². The first-order chi connectivity index (χ1) is 10.6. The summed E-state index contributed by atoms with van der Waals surface area (Å²) in [4.78, 5) is 24.3. The molecule has 1 rings (SSSR count). The molecule has 24 heavy (non-hydrogen) atoms. The monoisotopic (exact) mass is 418 g/mol. The average molecular weight is 418 g/mol. The Balaban J connectivity index is 0. The third kappa shape index (κ3) is 11.3. The van der Waals surface area contributed by atoms with Crippen molar-refractivity contribution in [1.82, 2.24) is 15.3 Å². The molecule has 2 amide bonds. The number of carbonyl (C=O) groups excluding carboxylic acids is 2. The van der Waals surface area contributed by atoms with E-state index in [1.54, 1.807) is 20.8 Å². The van der Waals surface area contributed by atoms with Crippen molar-refractivity contribution in [3.05, 3.63) is 14.0 Å². The molecule has 0 aromatic carbocycles. The van der Waals surface area contributed by atoms with Gasteiger partial charge in [-0.1, -0.05) is 19.8 Å². The van der Waals surface area contributed by atoms with Gasteiger partial charge in [-0.25, -0.2) is 4.79 Å². The molecule has 1 aliphatic heterocycles. The standard InChI is InChI=1S/C11H20N3O4.C5H11.Y/c1-11(2,3)18-10(16)13-6-8(14(17)7-13)5-9(15)12-4;1-3-5-4-2;/h8,17H,4-7H2,1-3H3,(H,12,15);1,3-5H2,2H3;/q2*-1;. The molecule has 7 nitrogen and oxygen atoms in total. The van der Waals surface area contributed by atoms with Crippen LogP contribution in [0.4, 0.5) is 4.79 Å². The fourth-order valence-electron chi connectivity index (χ4n) is 1.86. The van der Waals surface area contributed by atoms with Crippen LogP contribution in [0.2, 0.25) is 0 Å². The number of hydrogen-bond acceptors (Lipinski definition) is 5. The minimum absolute atomic E-state index is 0. The molecular formula is C16H31N3O4Y-2. The first-order valence-electron chi connectivity index (χ1n) is 7.93. The molecule has 1 saturated heterocycles. The first kappa shape index (κ1) is 26.0. The van der Waals surface area contributed by atoms with Gasteiger partial charge in [-0.3, -0.25) is 16.7 Å². The summed E-state index contributed by atoms with van der Waals surface area (Å²) >= 11 is 0. The van der Waals surface area contributed by atoms with Gasteiger partial charge in [0.25, 0.3) is 0 Å². The van der Waals surface area contributed by atoms with E-state index >= 15 is 0 Å². The maximum Gasteiger partial charge on any atom is 0.411 e. The maximum atomic E-state index is 11.8. The molecule has 0 bridgehead atoms. The number of rotatable bonds is 4. The molecule has 0 aromatic heterocycles. The quantitative estimate of drug-likeness (QED) is 0.686. The summed E-state index contributed by atoms with van der Waals surface area (Å²) in [5.41, 5.74) is -0.583. The molecule has 0 saturated carbocycles. The van der Waals surface area contributed by atoms with E-state index in [0.29, 0.717) is 0 Å². The molecule has 0 aliphatic carbocycles. The van der Waals surface area contributed by atoms with Crippen molar-refractivity contribution in [2.45, 2.75) is 65.0 Å². The van der Waals surface area contributed by atoms with Crippen LogP contribution in [0.1, 0.15) is 53.4 Å². The molecule has 1 aliphatic rings. The summed E-state index contributed by atoms with van der Waals surface area (Å²) in [6.07, 6.45) is 3.23. The average Bonchev–Trinajstić information content (AvgIpc) is 2.80. The van der Waals surface area contributed by atoms with Gasteiger partial charge in [0.2, 0.25) is 0 Å². The first-order valence-corrected chi connectivity index (χ1v) is 7.93. The zero-order valence-corrected chi connectivity index (χ0v) is 18.2. The number of unbranched alkanes of at least 4 members (excludes halogenated alkanes) is 2. The van der Waals surface area contributed by atoms with Crippen molar-refractivity contribution in [1.29, 1.82) is 0 Å². The normalized spacial score (nSPS) is 17.5. The molecule has 1 atom stereocenters. The second-order valence-electron chi connectivity index (χ2n) is 6.45. The van der Waals surface area contributed by atoms with Gasteiger partial charge in [0, 0.05) is 45.7 Å². The predicted octanol–water partition coefficient (Wildman–Crippen LogP) is 2.56. The van der Waals surface area contributed by atoms with Crippen molar-refractivity contribution in [3.8, 4) is 0 Å². The summed E-state index contributed by atoms with van der Waals surface area (Å²) in [5, 5.41) is 12.8. The molecule has 1 fully saturated rings. The van der Waals surface area contributed by atoms with Crippen molar-refractivity contribution in [2.24, 2.45) is 0 Å². The van der Waals surface area contributed by atoms with Crippen LogP contribution < -0.4 is 5.32 Å². The van der Waals surface area contributed by atoms with E-state index in [4.69, 9.17) is 4.74 Å². The van der Waals surface area contributed by atoms with Crippen LogP contribution in [0, 0.1) is 14.0 Å². The molecule has 1 radical (unpaired) electrons. The third-order valence-electron chi connectivity index (χ3n) is 3.04. The van der Waals surface area contributed by atoms with E-state index in [1.165, 1.54) is 17.7 Å². The Kier molecular flexibility index (Phi) is 14.1. The topological polar surface area (TPSA) is 82.1 Å². The Morgan fingerprint density at radius 3 is 2.33 bits per heavy atom. The Morgan fingerprint density at radius 1 is 1.38 bits per heavy atom. The minimum atomic E-state index is -0.583. The van der Waals surface area contributed by atoms with Gasteiger partial charge in [-0.05, 0) is 20.8 Å². The molecule has 2 N–H and O–H groups in total. The van der Waals surface area contributed by atoms with Crippen molar-refractivity contribution >= 4 is 12.0 Å². The third-order valence-corrected chi connectivity index (χ3v) is 3.04. The van der Waals surface area contributed by atoms with Crippen LogP contribution >= 0.6 is 0 Å². The van der Waals surface area contributed by atoms with Crippen LogP contribution in [0.15, 0.2) is 0 Å². The summed E-state index contributed by atoms with van der Waals surface area (Å²) in [5.74, 6) is -0.287. The van der Waals surface area contributed by atoms with Gasteiger partial charge in [0.15, 0.2) is 5.91 Å². The predicted molar refractivity (Wildman–Crippen MR) is 88.2 cm³/mol. The van der Waals surface area contributed by atoms with Gasteiger partial charge in [-0.2, -0.15) is 11.5 Å². The number of ether oxygens (including phenoxy) is 1. The molecule has 1 heterocycles. The van der Waals surface area contributed by atoms with Crippen molar-refractivity contribution < 1.29 is 52.2 Å². The zero-order valence-electron chi connectivity index (χ0n) is 15.4. The number of nitrogens with one attached hydrogen (secondary N) is 1. The van der Waals surface area contributed by atoms with E-state index in [0.717, 1.165) is 11.5 Å². The molecule has 1 unspecified atom stereocenters. The largest absolute Gasteiger partial charge is 0.508 e. The van der Waals surface area contributed by atoms with Crippen LogP contribution in [-0.4, -0.2) is 52.0 Å². The van der Waals surface area contributed by atoms with E-state index < -0.39 is 17.7 Å². The van der Waals surface area contributed by atoms with E-state index in [9.17, 15) is 14.8 Å². The Bertz CT molecular complexity index is 373. The Morgan fingerprint density at radius 2 is 1.96 bits per heavy atom. The zero-order chi connectivity index (χ0) is 18.0. The van der Waals surface area contributed by atoms with Crippen LogP contribution in [-0.2, 0) is 42.2 Å². The molecular weight excluding hydrogens is 387 g/mol. The van der Waals surface area contributed by atoms with Gasteiger partial charge in [0.05, 0.1) is 6.04 Å². The van der Waals surface area contributed by atoms with E-state index in [2.05, 4.69) is 26.2 Å². The molecule has 0 aromatic rings. The summed E-state index contributed by atoms with van der Waals surface area (Å²) in [7, 11) is 3.25. The summed E-state index contributed by atoms with van der Waals surface area (Å²) < 4.78 is 5.19. The SMILES string of the molecule is [CH2-]CCCC.[CH2-]NC(=O)CC1CN(C(=O)OC(C)(C)C)CN1O.[Y]. The number of hydrogen-bond donors (Lipinski definition) is 2. The number of carbonyl (C=O) groups is 2. The Hall–Kier alpha value is -0.236. The second-order valence-corrected chi connectivity index (χ2v) is 6.45. The minimum Gasteiger partial charge on any atom is -0.508 e. The van der Waals surface area contributed by atoms with Crippen LogP contribution in [0.3, 0.4) is 0 Å². The van der Waals surface area contributed by atoms with E-state index in [-0.39, 0.29) is 58.3 Å².